The van der Waals surface area contributed by atoms with E-state index in [0.29, 0.717) is 0 Å². The molecule has 0 saturated heterocycles. The fourth-order valence-corrected chi connectivity index (χ4v) is 2.97. The van der Waals surface area contributed by atoms with Gasteiger partial charge < -0.3 is 5.32 Å². The van der Waals surface area contributed by atoms with Gasteiger partial charge in [0.25, 0.3) is 0 Å². The van der Waals surface area contributed by atoms with Crippen molar-refractivity contribution in [1.82, 2.24) is 10.2 Å². The van der Waals surface area contributed by atoms with Gasteiger partial charge in [-0.05, 0) is 41.4 Å². The van der Waals surface area contributed by atoms with Crippen molar-refractivity contribution < 1.29 is 0 Å². The van der Waals surface area contributed by atoms with E-state index < -0.39 is 0 Å². The molecular formula is C17H19ClN2. The number of nitrogens with one attached hydrogen (secondary N) is 1. The van der Waals surface area contributed by atoms with E-state index in [9.17, 15) is 0 Å². The lowest BCUT2D eigenvalue weighted by Gasteiger charge is -2.17. The molecule has 3 rings (SSSR count). The first-order valence-electron chi connectivity index (χ1n) is 6.95. The van der Waals surface area contributed by atoms with Crippen LogP contribution in [0, 0.1) is 0 Å². The molecule has 2 nitrogen and oxygen atoms in total. The third kappa shape index (κ3) is 3.21. The maximum atomic E-state index is 6.03. The van der Waals surface area contributed by atoms with Crippen LogP contribution < -0.4 is 5.32 Å². The van der Waals surface area contributed by atoms with Gasteiger partial charge in [-0.1, -0.05) is 41.9 Å². The van der Waals surface area contributed by atoms with Crippen LogP contribution in [0.4, 0.5) is 0 Å². The SMILES string of the molecule is CN(Cc1cccc(Cl)c1)Cc1ccc2c(c1)CNC2. The molecule has 0 saturated carbocycles. The van der Waals surface area contributed by atoms with Crippen molar-refractivity contribution in [3.05, 3.63) is 69.7 Å². The number of hydrogen-bond donors (Lipinski definition) is 1. The Balaban J connectivity index is 1.65. The van der Waals surface area contributed by atoms with Gasteiger partial charge in [0.05, 0.1) is 0 Å². The summed E-state index contributed by atoms with van der Waals surface area (Å²) >= 11 is 6.03. The van der Waals surface area contributed by atoms with Crippen LogP contribution in [-0.4, -0.2) is 11.9 Å². The van der Waals surface area contributed by atoms with Crippen molar-refractivity contribution in [2.24, 2.45) is 0 Å². The zero-order valence-electron chi connectivity index (χ0n) is 11.7. The summed E-state index contributed by atoms with van der Waals surface area (Å²) in [5.41, 5.74) is 5.50. The zero-order valence-corrected chi connectivity index (χ0v) is 12.5. The third-order valence-electron chi connectivity index (χ3n) is 3.70. The summed E-state index contributed by atoms with van der Waals surface area (Å²) < 4.78 is 0. The molecule has 1 aliphatic heterocycles. The highest BCUT2D eigenvalue weighted by molar-refractivity contribution is 6.30. The van der Waals surface area contributed by atoms with Gasteiger partial charge in [0.15, 0.2) is 0 Å². The van der Waals surface area contributed by atoms with Crippen LogP contribution in [0.15, 0.2) is 42.5 Å². The molecule has 0 bridgehead atoms. The highest BCUT2D eigenvalue weighted by Gasteiger charge is 2.10. The monoisotopic (exact) mass is 286 g/mol. The Morgan fingerprint density at radius 3 is 2.55 bits per heavy atom. The van der Waals surface area contributed by atoms with E-state index in [1.807, 2.05) is 18.2 Å². The second kappa shape index (κ2) is 5.96. The van der Waals surface area contributed by atoms with Gasteiger partial charge in [0, 0.05) is 31.2 Å². The topological polar surface area (TPSA) is 15.3 Å². The Hall–Kier alpha value is -1.35. The minimum atomic E-state index is 0.805. The van der Waals surface area contributed by atoms with Crippen LogP contribution in [0.1, 0.15) is 22.3 Å². The van der Waals surface area contributed by atoms with Crippen molar-refractivity contribution in [2.75, 3.05) is 7.05 Å². The molecule has 0 radical (unpaired) electrons. The molecule has 0 unspecified atom stereocenters. The standard InChI is InChI=1S/C17H19ClN2/c1-20(11-13-3-2-4-17(18)8-13)12-14-5-6-15-9-19-10-16(15)7-14/h2-8,19H,9-12H2,1H3. The Labute approximate surface area is 125 Å². The summed E-state index contributed by atoms with van der Waals surface area (Å²) in [5, 5.41) is 4.19. The summed E-state index contributed by atoms with van der Waals surface area (Å²) in [5.74, 6) is 0. The molecule has 1 heterocycles. The first-order valence-corrected chi connectivity index (χ1v) is 7.33. The molecule has 0 aliphatic carbocycles. The lowest BCUT2D eigenvalue weighted by molar-refractivity contribution is 0.319. The average molecular weight is 287 g/mol. The average Bonchev–Trinajstić information content (AvgIpc) is 2.86. The van der Waals surface area contributed by atoms with Crippen LogP contribution in [0.3, 0.4) is 0 Å². The summed E-state index contributed by atoms with van der Waals surface area (Å²) in [7, 11) is 2.15. The molecule has 0 atom stereocenters. The van der Waals surface area contributed by atoms with E-state index >= 15 is 0 Å². The van der Waals surface area contributed by atoms with Crippen molar-refractivity contribution in [3.63, 3.8) is 0 Å². The molecule has 1 aliphatic rings. The molecule has 0 aromatic heterocycles. The minimum Gasteiger partial charge on any atom is -0.309 e. The van der Waals surface area contributed by atoms with Crippen molar-refractivity contribution in [3.8, 4) is 0 Å². The Kier molecular flexibility index (Phi) is 4.06. The molecule has 0 spiro atoms. The summed E-state index contributed by atoms with van der Waals surface area (Å²) in [6.45, 7) is 3.88. The van der Waals surface area contributed by atoms with Crippen LogP contribution in [0.25, 0.3) is 0 Å². The third-order valence-corrected chi connectivity index (χ3v) is 3.93. The number of nitrogens with zero attached hydrogens (tertiary/aromatic N) is 1. The number of fused-ring (bicyclic) bond motifs is 1. The fraction of sp³-hybridized carbons (Fsp3) is 0.294. The first-order chi connectivity index (χ1) is 9.70. The van der Waals surface area contributed by atoms with Gasteiger partial charge in [0.2, 0.25) is 0 Å². The highest BCUT2D eigenvalue weighted by atomic mass is 35.5. The molecule has 20 heavy (non-hydrogen) atoms. The van der Waals surface area contributed by atoms with E-state index in [1.165, 1.54) is 22.3 Å². The normalized spacial score (nSPS) is 13.8. The van der Waals surface area contributed by atoms with Gasteiger partial charge in [0.1, 0.15) is 0 Å². The number of halogens is 1. The Morgan fingerprint density at radius 1 is 1.00 bits per heavy atom. The Bertz CT molecular complexity index is 610. The second-order valence-electron chi connectivity index (χ2n) is 5.51. The van der Waals surface area contributed by atoms with Gasteiger partial charge in [-0.3, -0.25) is 4.90 Å². The Morgan fingerprint density at radius 2 is 1.75 bits per heavy atom. The molecule has 1 N–H and O–H groups in total. The van der Waals surface area contributed by atoms with Gasteiger partial charge in [-0.2, -0.15) is 0 Å². The van der Waals surface area contributed by atoms with E-state index in [1.54, 1.807) is 0 Å². The fourth-order valence-electron chi connectivity index (χ4n) is 2.76. The predicted octanol–water partition coefficient (Wildman–Crippen LogP) is 3.58. The van der Waals surface area contributed by atoms with Gasteiger partial charge in [-0.15, -0.1) is 0 Å². The van der Waals surface area contributed by atoms with Crippen molar-refractivity contribution >= 4 is 11.6 Å². The largest absolute Gasteiger partial charge is 0.309 e. The van der Waals surface area contributed by atoms with E-state index in [4.69, 9.17) is 11.6 Å². The molecule has 0 fully saturated rings. The maximum absolute atomic E-state index is 6.03. The molecule has 2 aromatic carbocycles. The van der Waals surface area contributed by atoms with Gasteiger partial charge >= 0.3 is 0 Å². The van der Waals surface area contributed by atoms with Gasteiger partial charge in [-0.25, -0.2) is 0 Å². The van der Waals surface area contributed by atoms with Crippen LogP contribution in [0.2, 0.25) is 5.02 Å². The molecular weight excluding hydrogens is 268 g/mol. The quantitative estimate of drug-likeness (QED) is 0.924. The highest BCUT2D eigenvalue weighted by Crippen LogP contribution is 2.19. The van der Waals surface area contributed by atoms with Crippen LogP contribution in [-0.2, 0) is 26.2 Å². The smallest absolute Gasteiger partial charge is 0.0409 e. The predicted molar refractivity (Wildman–Crippen MR) is 83.6 cm³/mol. The number of rotatable bonds is 4. The van der Waals surface area contributed by atoms with Crippen LogP contribution >= 0.6 is 11.6 Å². The van der Waals surface area contributed by atoms with Crippen LogP contribution in [0.5, 0.6) is 0 Å². The molecule has 3 heteroatoms. The number of hydrogen-bond acceptors (Lipinski definition) is 2. The summed E-state index contributed by atoms with van der Waals surface area (Å²) in [4.78, 5) is 2.32. The maximum Gasteiger partial charge on any atom is 0.0409 e. The number of benzene rings is 2. The van der Waals surface area contributed by atoms with Crippen molar-refractivity contribution in [1.29, 1.82) is 0 Å². The summed E-state index contributed by atoms with van der Waals surface area (Å²) in [6.07, 6.45) is 0. The minimum absolute atomic E-state index is 0.805. The lowest BCUT2D eigenvalue weighted by atomic mass is 10.1. The zero-order chi connectivity index (χ0) is 13.9. The summed E-state index contributed by atoms with van der Waals surface area (Å²) in [6, 6.07) is 14.9. The van der Waals surface area contributed by atoms with E-state index in [-0.39, 0.29) is 0 Å². The molecule has 0 amide bonds. The van der Waals surface area contributed by atoms with Crippen molar-refractivity contribution in [2.45, 2.75) is 26.2 Å². The lowest BCUT2D eigenvalue weighted by Crippen LogP contribution is -2.17. The molecule has 2 aromatic rings. The van der Waals surface area contributed by atoms with E-state index in [2.05, 4.69) is 41.5 Å². The molecule has 104 valence electrons. The first kappa shape index (κ1) is 13.6. The van der Waals surface area contributed by atoms with E-state index in [0.717, 1.165) is 31.2 Å². The second-order valence-corrected chi connectivity index (χ2v) is 5.95.